The van der Waals surface area contributed by atoms with Crippen molar-refractivity contribution < 1.29 is 5.11 Å². The maximum absolute atomic E-state index is 9.71. The van der Waals surface area contributed by atoms with E-state index in [-0.39, 0.29) is 0 Å². The Hall–Kier alpha value is -1.76. The van der Waals surface area contributed by atoms with E-state index in [2.05, 4.69) is 31.2 Å². The van der Waals surface area contributed by atoms with Crippen molar-refractivity contribution in [2.75, 3.05) is 0 Å². The highest BCUT2D eigenvalue weighted by Gasteiger charge is 2.08. The predicted molar refractivity (Wildman–Crippen MR) is 66.7 cm³/mol. The van der Waals surface area contributed by atoms with Crippen molar-refractivity contribution in [1.29, 1.82) is 0 Å². The number of phenols is 1. The molecule has 16 heavy (non-hydrogen) atoms. The monoisotopic (exact) mass is 212 g/mol. The average Bonchev–Trinajstić information content (AvgIpc) is 2.33. The number of phenolic OH excluding ortho intramolecular Hbond substituents is 1. The minimum absolute atomic E-state index is 0.394. The van der Waals surface area contributed by atoms with E-state index in [1.165, 1.54) is 5.56 Å². The number of hydrogen-bond donors (Lipinski definition) is 1. The molecule has 0 radical (unpaired) electrons. The molecule has 0 fully saturated rings. The molecular formula is C15H16O. The Morgan fingerprint density at radius 3 is 2.25 bits per heavy atom. The molecule has 0 amide bonds. The highest BCUT2D eigenvalue weighted by Crippen LogP contribution is 2.24. The molecule has 1 heteroatoms. The maximum atomic E-state index is 9.71. The first-order valence-corrected chi connectivity index (χ1v) is 5.59. The summed E-state index contributed by atoms with van der Waals surface area (Å²) in [6.07, 6.45) is 0.872. The molecule has 2 rings (SSSR count). The van der Waals surface area contributed by atoms with E-state index >= 15 is 0 Å². The van der Waals surface area contributed by atoms with Gasteiger partial charge in [-0.05, 0) is 29.5 Å². The van der Waals surface area contributed by atoms with Gasteiger partial charge in [-0.3, -0.25) is 0 Å². The molecule has 2 aromatic carbocycles. The molecule has 1 atom stereocenters. The van der Waals surface area contributed by atoms with Gasteiger partial charge in [0.2, 0.25) is 0 Å². The smallest absolute Gasteiger partial charge is 0.118 e. The van der Waals surface area contributed by atoms with Gasteiger partial charge < -0.3 is 5.11 Å². The van der Waals surface area contributed by atoms with Crippen LogP contribution < -0.4 is 0 Å². The summed E-state index contributed by atoms with van der Waals surface area (Å²) in [6.45, 7) is 2.18. The minimum Gasteiger partial charge on any atom is -0.508 e. The fraction of sp³-hybridized carbons (Fsp3) is 0.200. The van der Waals surface area contributed by atoms with E-state index < -0.39 is 0 Å². The number of para-hydroxylation sites is 1. The highest BCUT2D eigenvalue weighted by molar-refractivity contribution is 5.34. The molecule has 0 saturated carbocycles. The van der Waals surface area contributed by atoms with Crippen LogP contribution in [0.25, 0.3) is 0 Å². The van der Waals surface area contributed by atoms with E-state index in [1.807, 2.05) is 24.3 Å². The molecule has 0 aliphatic carbocycles. The van der Waals surface area contributed by atoms with Gasteiger partial charge in [0, 0.05) is 0 Å². The molecule has 0 aliphatic heterocycles. The van der Waals surface area contributed by atoms with Crippen molar-refractivity contribution in [3.63, 3.8) is 0 Å². The second-order valence-corrected chi connectivity index (χ2v) is 4.14. The van der Waals surface area contributed by atoms with Crippen LogP contribution in [-0.4, -0.2) is 5.11 Å². The highest BCUT2D eigenvalue weighted by atomic mass is 16.3. The number of benzene rings is 2. The lowest BCUT2D eigenvalue weighted by Gasteiger charge is -2.12. The van der Waals surface area contributed by atoms with Crippen LogP contribution in [0.5, 0.6) is 5.75 Å². The SMILES string of the molecule is CC(Cc1ccccc1O)c1ccccc1. The van der Waals surface area contributed by atoms with Crippen molar-refractivity contribution in [2.24, 2.45) is 0 Å². The van der Waals surface area contributed by atoms with Crippen LogP contribution in [0.2, 0.25) is 0 Å². The van der Waals surface area contributed by atoms with Gasteiger partial charge >= 0.3 is 0 Å². The summed E-state index contributed by atoms with van der Waals surface area (Å²) in [7, 11) is 0. The van der Waals surface area contributed by atoms with Crippen molar-refractivity contribution >= 4 is 0 Å². The summed E-state index contributed by atoms with van der Waals surface area (Å²) in [5.74, 6) is 0.819. The van der Waals surface area contributed by atoms with Crippen LogP contribution in [0.1, 0.15) is 24.0 Å². The molecule has 2 aromatic rings. The zero-order chi connectivity index (χ0) is 11.4. The molecule has 0 bridgehead atoms. The van der Waals surface area contributed by atoms with E-state index in [9.17, 15) is 5.11 Å². The van der Waals surface area contributed by atoms with Gasteiger partial charge in [0.25, 0.3) is 0 Å². The van der Waals surface area contributed by atoms with Crippen molar-refractivity contribution in [3.05, 3.63) is 65.7 Å². The summed E-state index contributed by atoms with van der Waals surface area (Å²) in [5.41, 5.74) is 2.32. The largest absolute Gasteiger partial charge is 0.508 e. The zero-order valence-corrected chi connectivity index (χ0v) is 9.43. The van der Waals surface area contributed by atoms with Gasteiger partial charge in [0.1, 0.15) is 5.75 Å². The van der Waals surface area contributed by atoms with Crippen molar-refractivity contribution in [2.45, 2.75) is 19.3 Å². The first kappa shape index (κ1) is 10.7. The average molecular weight is 212 g/mol. The second-order valence-electron chi connectivity index (χ2n) is 4.14. The number of hydrogen-bond acceptors (Lipinski definition) is 1. The second kappa shape index (κ2) is 4.84. The third-order valence-corrected chi connectivity index (χ3v) is 2.89. The normalized spacial score (nSPS) is 12.3. The number of rotatable bonds is 3. The van der Waals surface area contributed by atoms with Gasteiger partial charge in [0.05, 0.1) is 0 Å². The van der Waals surface area contributed by atoms with E-state index in [1.54, 1.807) is 6.07 Å². The molecule has 1 N–H and O–H groups in total. The molecule has 1 nitrogen and oxygen atoms in total. The van der Waals surface area contributed by atoms with E-state index in [4.69, 9.17) is 0 Å². The maximum Gasteiger partial charge on any atom is 0.118 e. The van der Waals surface area contributed by atoms with Crippen LogP contribution >= 0.6 is 0 Å². The predicted octanol–water partition coefficient (Wildman–Crippen LogP) is 3.74. The Labute approximate surface area is 96.4 Å². The lowest BCUT2D eigenvalue weighted by molar-refractivity contribution is 0.466. The zero-order valence-electron chi connectivity index (χ0n) is 9.43. The minimum atomic E-state index is 0.394. The summed E-state index contributed by atoms with van der Waals surface area (Å²) < 4.78 is 0. The Bertz CT molecular complexity index is 448. The Balaban J connectivity index is 2.14. The fourth-order valence-corrected chi connectivity index (χ4v) is 1.91. The molecule has 0 aromatic heterocycles. The summed E-state index contributed by atoms with van der Waals surface area (Å²) in [4.78, 5) is 0. The van der Waals surface area contributed by atoms with Crippen LogP contribution in [0.3, 0.4) is 0 Å². The molecule has 0 spiro atoms. The summed E-state index contributed by atoms with van der Waals surface area (Å²) in [5, 5.41) is 9.71. The van der Waals surface area contributed by atoms with Gasteiger partial charge in [0.15, 0.2) is 0 Å². The topological polar surface area (TPSA) is 20.2 Å². The van der Waals surface area contributed by atoms with Gasteiger partial charge in [-0.15, -0.1) is 0 Å². The first-order valence-electron chi connectivity index (χ1n) is 5.59. The fourth-order valence-electron chi connectivity index (χ4n) is 1.91. The van der Waals surface area contributed by atoms with Crippen molar-refractivity contribution in [3.8, 4) is 5.75 Å². The van der Waals surface area contributed by atoms with E-state index in [0.29, 0.717) is 11.7 Å². The standard InChI is InChI=1S/C15H16O/c1-12(13-7-3-2-4-8-13)11-14-9-5-6-10-15(14)16/h2-10,12,16H,11H2,1H3. The van der Waals surface area contributed by atoms with E-state index in [0.717, 1.165) is 12.0 Å². The molecule has 0 saturated heterocycles. The third-order valence-electron chi connectivity index (χ3n) is 2.89. The van der Waals surface area contributed by atoms with Gasteiger partial charge in [-0.1, -0.05) is 55.5 Å². The number of aromatic hydroxyl groups is 1. The Morgan fingerprint density at radius 2 is 1.56 bits per heavy atom. The van der Waals surface area contributed by atoms with Crippen LogP contribution in [0.15, 0.2) is 54.6 Å². The molecular weight excluding hydrogens is 196 g/mol. The summed E-state index contributed by atoms with van der Waals surface area (Å²) >= 11 is 0. The van der Waals surface area contributed by atoms with Crippen LogP contribution in [0, 0.1) is 0 Å². The van der Waals surface area contributed by atoms with Crippen molar-refractivity contribution in [1.82, 2.24) is 0 Å². The lowest BCUT2D eigenvalue weighted by atomic mass is 9.93. The van der Waals surface area contributed by atoms with Crippen LogP contribution in [-0.2, 0) is 6.42 Å². The van der Waals surface area contributed by atoms with Gasteiger partial charge in [-0.2, -0.15) is 0 Å². The Morgan fingerprint density at radius 1 is 0.938 bits per heavy atom. The van der Waals surface area contributed by atoms with Gasteiger partial charge in [-0.25, -0.2) is 0 Å². The molecule has 82 valence electrons. The molecule has 0 heterocycles. The molecule has 1 unspecified atom stereocenters. The molecule has 0 aliphatic rings. The lowest BCUT2D eigenvalue weighted by Crippen LogP contribution is -1.98. The Kier molecular flexibility index (Phi) is 3.25. The quantitative estimate of drug-likeness (QED) is 0.821. The van der Waals surface area contributed by atoms with Crippen LogP contribution in [0.4, 0.5) is 0 Å². The first-order chi connectivity index (χ1) is 7.77. The third kappa shape index (κ3) is 2.43. The summed E-state index contributed by atoms with van der Waals surface area (Å²) in [6, 6.07) is 17.9.